The highest BCUT2D eigenvalue weighted by Gasteiger charge is 2.27. The first-order valence-electron chi connectivity index (χ1n) is 8.72. The Labute approximate surface area is 158 Å². The number of carbonyl (C=O) groups is 1. The van der Waals surface area contributed by atoms with Crippen molar-refractivity contribution in [1.82, 2.24) is 0 Å². The monoisotopic (exact) mass is 369 g/mol. The number of benzene rings is 2. The number of rotatable bonds is 6. The number of ketones is 1. The van der Waals surface area contributed by atoms with Gasteiger partial charge in [-0.25, -0.2) is 4.39 Å². The molecule has 0 saturated heterocycles. The van der Waals surface area contributed by atoms with Gasteiger partial charge in [-0.2, -0.15) is 0 Å². The third kappa shape index (κ3) is 3.82. The van der Waals surface area contributed by atoms with E-state index in [9.17, 15) is 9.18 Å². The maximum atomic E-state index is 13.1. The molecule has 0 spiro atoms. The van der Waals surface area contributed by atoms with Gasteiger partial charge < -0.3 is 14.2 Å². The van der Waals surface area contributed by atoms with Crippen molar-refractivity contribution in [3.63, 3.8) is 0 Å². The van der Waals surface area contributed by atoms with Crippen LogP contribution in [0.2, 0.25) is 0 Å². The van der Waals surface area contributed by atoms with Crippen molar-refractivity contribution in [2.75, 3.05) is 20.9 Å². The zero-order valence-electron chi connectivity index (χ0n) is 16.0. The second-order valence-corrected chi connectivity index (χ2v) is 6.88. The summed E-state index contributed by atoms with van der Waals surface area (Å²) in [6.45, 7) is 2.99. The maximum absolute atomic E-state index is 13.1. The SMILES string of the molecule is COc1cc(CC(=O)c2ccc3c(c2)C=CC(C)(C[18F])O3)cc(C)c1OC. The molecular weight excluding hydrogens is 346 g/mol. The van der Waals surface area contributed by atoms with Crippen molar-refractivity contribution in [3.05, 3.63) is 58.7 Å². The van der Waals surface area contributed by atoms with Crippen LogP contribution >= 0.6 is 0 Å². The molecule has 0 aliphatic carbocycles. The minimum absolute atomic E-state index is 0.0170. The van der Waals surface area contributed by atoms with E-state index in [-0.39, 0.29) is 12.2 Å². The molecule has 142 valence electrons. The van der Waals surface area contributed by atoms with Crippen LogP contribution in [0.1, 0.15) is 34.0 Å². The molecule has 1 aliphatic heterocycles. The lowest BCUT2D eigenvalue weighted by molar-refractivity contribution is 0.0991. The first-order chi connectivity index (χ1) is 12.9. The second kappa shape index (κ2) is 7.43. The van der Waals surface area contributed by atoms with Gasteiger partial charge in [-0.15, -0.1) is 0 Å². The van der Waals surface area contributed by atoms with E-state index in [1.807, 2.05) is 19.1 Å². The number of hydrogen-bond donors (Lipinski definition) is 0. The second-order valence-electron chi connectivity index (χ2n) is 6.88. The number of aryl methyl sites for hydroxylation is 1. The summed E-state index contributed by atoms with van der Waals surface area (Å²) in [6, 6.07) is 8.96. The lowest BCUT2D eigenvalue weighted by atomic mass is 9.96. The molecule has 0 N–H and O–H groups in total. The van der Waals surface area contributed by atoms with Crippen LogP contribution in [-0.2, 0) is 6.42 Å². The average molecular weight is 369 g/mol. The summed E-state index contributed by atoms with van der Waals surface area (Å²) in [4.78, 5) is 12.8. The number of carbonyl (C=O) groups excluding carboxylic acids is 1. The standard InChI is InChI=1S/C22H23FO4/c1-14-9-15(11-20(25-3)21(14)26-4)10-18(24)16-5-6-19-17(12-16)7-8-22(2,13-23)27-19/h5-9,11-12H,10,13H2,1-4H3/i23-1. The fourth-order valence-electron chi connectivity index (χ4n) is 3.18. The van der Waals surface area contributed by atoms with Gasteiger partial charge in [-0.1, -0.05) is 12.1 Å². The van der Waals surface area contributed by atoms with Crippen molar-refractivity contribution in [2.45, 2.75) is 25.9 Å². The Morgan fingerprint density at radius 3 is 2.63 bits per heavy atom. The van der Waals surface area contributed by atoms with E-state index in [4.69, 9.17) is 14.2 Å². The molecule has 1 heterocycles. The molecule has 0 saturated carbocycles. The van der Waals surface area contributed by atoms with Crippen LogP contribution in [0.4, 0.5) is 4.39 Å². The van der Waals surface area contributed by atoms with Crippen LogP contribution in [0.15, 0.2) is 36.4 Å². The number of alkyl halides is 1. The summed E-state index contributed by atoms with van der Waals surface area (Å²) in [5.74, 6) is 1.83. The first-order valence-corrected chi connectivity index (χ1v) is 8.72. The fourth-order valence-corrected chi connectivity index (χ4v) is 3.18. The van der Waals surface area contributed by atoms with E-state index >= 15 is 0 Å². The minimum atomic E-state index is -0.949. The molecule has 2 aromatic rings. The Hall–Kier alpha value is -2.82. The molecule has 1 atom stereocenters. The molecule has 0 aromatic heterocycles. The predicted octanol–water partition coefficient (Wildman–Crippen LogP) is 4.57. The molecule has 5 heteroatoms. The summed E-state index contributed by atoms with van der Waals surface area (Å²) < 4.78 is 29.5. The van der Waals surface area contributed by atoms with Crippen LogP contribution in [0.25, 0.3) is 6.08 Å². The van der Waals surface area contributed by atoms with Gasteiger partial charge >= 0.3 is 0 Å². The van der Waals surface area contributed by atoms with E-state index in [0.29, 0.717) is 22.8 Å². The average Bonchev–Trinajstić information content (AvgIpc) is 2.67. The first kappa shape index (κ1) is 19.0. The molecule has 0 fully saturated rings. The van der Waals surface area contributed by atoms with Gasteiger partial charge in [0, 0.05) is 17.5 Å². The number of methoxy groups -OCH3 is 2. The van der Waals surface area contributed by atoms with E-state index in [1.54, 1.807) is 51.5 Å². The maximum Gasteiger partial charge on any atom is 0.167 e. The molecule has 27 heavy (non-hydrogen) atoms. The van der Waals surface area contributed by atoms with Gasteiger partial charge in [-0.3, -0.25) is 4.79 Å². The molecule has 2 aromatic carbocycles. The van der Waals surface area contributed by atoms with E-state index in [0.717, 1.165) is 16.7 Å². The summed E-state index contributed by atoms with van der Waals surface area (Å²) in [6.07, 6.45) is 3.73. The third-order valence-electron chi connectivity index (χ3n) is 4.64. The number of ether oxygens (including phenoxy) is 3. The smallest absolute Gasteiger partial charge is 0.167 e. The minimum Gasteiger partial charge on any atom is -0.493 e. The zero-order chi connectivity index (χ0) is 19.6. The lowest BCUT2D eigenvalue weighted by Crippen LogP contribution is -2.34. The molecule has 0 radical (unpaired) electrons. The van der Waals surface area contributed by atoms with Crippen LogP contribution in [0.5, 0.6) is 17.2 Å². The van der Waals surface area contributed by atoms with E-state index in [1.165, 1.54) is 0 Å². The highest BCUT2D eigenvalue weighted by molar-refractivity contribution is 5.98. The zero-order valence-corrected chi connectivity index (χ0v) is 16.0. The predicted molar refractivity (Wildman–Crippen MR) is 103 cm³/mol. The Morgan fingerprint density at radius 2 is 1.96 bits per heavy atom. The topological polar surface area (TPSA) is 44.8 Å². The van der Waals surface area contributed by atoms with Gasteiger partial charge in [0.1, 0.15) is 12.4 Å². The van der Waals surface area contributed by atoms with Crippen molar-refractivity contribution in [1.29, 1.82) is 0 Å². The normalized spacial score (nSPS) is 17.8. The van der Waals surface area contributed by atoms with Crippen molar-refractivity contribution < 1.29 is 23.4 Å². The van der Waals surface area contributed by atoms with Crippen molar-refractivity contribution in [3.8, 4) is 17.2 Å². The van der Waals surface area contributed by atoms with Crippen molar-refractivity contribution >= 4 is 11.9 Å². The summed E-state index contributed by atoms with van der Waals surface area (Å²) in [7, 11) is 3.16. The summed E-state index contributed by atoms with van der Waals surface area (Å²) in [5.41, 5.74) is 2.17. The number of halogens is 1. The van der Waals surface area contributed by atoms with Gasteiger partial charge in [0.05, 0.1) is 14.2 Å². The van der Waals surface area contributed by atoms with Gasteiger partial charge in [0.15, 0.2) is 22.9 Å². The molecule has 1 aliphatic rings. The number of hydrogen-bond acceptors (Lipinski definition) is 4. The Bertz CT molecular complexity index is 903. The van der Waals surface area contributed by atoms with Gasteiger partial charge in [0.25, 0.3) is 0 Å². The van der Waals surface area contributed by atoms with E-state index < -0.39 is 12.3 Å². The largest absolute Gasteiger partial charge is 0.493 e. The van der Waals surface area contributed by atoms with Crippen LogP contribution < -0.4 is 14.2 Å². The summed E-state index contributed by atoms with van der Waals surface area (Å²) in [5, 5.41) is 0. The Kier molecular flexibility index (Phi) is 5.22. The van der Waals surface area contributed by atoms with Crippen molar-refractivity contribution in [2.24, 2.45) is 0 Å². The highest BCUT2D eigenvalue weighted by atomic mass is 18.2. The number of fused-ring (bicyclic) bond motifs is 1. The Morgan fingerprint density at radius 1 is 1.19 bits per heavy atom. The molecular formula is C22H23FO4. The molecule has 3 rings (SSSR count). The summed E-state index contributed by atoms with van der Waals surface area (Å²) >= 11 is 0. The molecule has 4 nitrogen and oxygen atoms in total. The lowest BCUT2D eigenvalue weighted by Gasteiger charge is -2.29. The molecule has 0 amide bonds. The quantitative estimate of drug-likeness (QED) is 0.700. The number of Topliss-reactive ketones (excluding diaryl/α,β-unsaturated/α-hetero) is 1. The molecule has 1 unspecified atom stereocenters. The third-order valence-corrected chi connectivity index (χ3v) is 4.64. The van der Waals surface area contributed by atoms with Crippen LogP contribution in [-0.4, -0.2) is 32.3 Å². The highest BCUT2D eigenvalue weighted by Crippen LogP contribution is 2.34. The van der Waals surface area contributed by atoms with Crippen LogP contribution in [0, 0.1) is 6.92 Å². The van der Waals surface area contributed by atoms with E-state index in [2.05, 4.69) is 0 Å². The Balaban J connectivity index is 1.83. The van der Waals surface area contributed by atoms with Gasteiger partial charge in [0.2, 0.25) is 0 Å². The fraction of sp³-hybridized carbons (Fsp3) is 0.318. The van der Waals surface area contributed by atoms with Crippen LogP contribution in [0.3, 0.4) is 0 Å². The molecule has 0 bridgehead atoms. The van der Waals surface area contributed by atoms with Gasteiger partial charge in [-0.05, 0) is 55.3 Å².